The van der Waals surface area contributed by atoms with E-state index in [0.29, 0.717) is 19.4 Å². The highest BCUT2D eigenvalue weighted by molar-refractivity contribution is 7.46. The van der Waals surface area contributed by atoms with Crippen LogP contribution in [-0.4, -0.2) is 35.1 Å². The van der Waals surface area contributed by atoms with Gasteiger partial charge < -0.3 is 19.8 Å². The molecule has 10 heteroatoms. The molecule has 0 unspecified atom stereocenters. The molecule has 0 aliphatic carbocycles. The van der Waals surface area contributed by atoms with Crippen LogP contribution >= 0.6 is 7.82 Å². The number of hydrogen-bond donors (Lipinski definition) is 3. The molecule has 3 N–H and O–H groups in total. The third-order valence-electron chi connectivity index (χ3n) is 4.86. The standard InChI is InChI=1S/C19H29F3NO5P/c1-2-3-4-5-6-7-14-8-9-16(11-18(14)19(20,21)22)28-17-10-15(23-12-17)13-27-29(24,25)26/h8-9,11,15,17,23H,2-7,10,12-13H2,1H3,(H2,24,25,26)/t15-,17+/m1/s1. The van der Waals surface area contributed by atoms with Gasteiger partial charge in [0.1, 0.15) is 11.9 Å². The molecule has 0 aromatic heterocycles. The molecule has 1 aromatic carbocycles. The van der Waals surface area contributed by atoms with Crippen LogP contribution in [0.5, 0.6) is 5.75 Å². The summed E-state index contributed by atoms with van der Waals surface area (Å²) in [5.74, 6) is 0.135. The smallest absolute Gasteiger partial charge is 0.469 e. The first-order valence-electron chi connectivity index (χ1n) is 9.88. The first-order chi connectivity index (χ1) is 13.6. The van der Waals surface area contributed by atoms with E-state index in [9.17, 15) is 17.7 Å². The van der Waals surface area contributed by atoms with Crippen molar-refractivity contribution in [3.8, 4) is 5.75 Å². The Balaban J connectivity index is 1.95. The van der Waals surface area contributed by atoms with E-state index in [4.69, 9.17) is 14.5 Å². The molecule has 0 amide bonds. The molecule has 1 aliphatic rings. The Bertz CT molecular complexity index is 695. The van der Waals surface area contributed by atoms with Gasteiger partial charge in [-0.2, -0.15) is 13.2 Å². The highest BCUT2D eigenvalue weighted by atomic mass is 31.2. The summed E-state index contributed by atoms with van der Waals surface area (Å²) in [5.41, 5.74) is -0.392. The van der Waals surface area contributed by atoms with Crippen molar-refractivity contribution in [3.05, 3.63) is 29.3 Å². The van der Waals surface area contributed by atoms with E-state index in [-0.39, 0.29) is 24.0 Å². The number of phosphoric acid groups is 1. The minimum absolute atomic E-state index is 0.135. The number of phosphoric ester groups is 1. The van der Waals surface area contributed by atoms with Crippen LogP contribution in [0.1, 0.15) is 56.6 Å². The van der Waals surface area contributed by atoms with Crippen molar-refractivity contribution in [2.75, 3.05) is 13.2 Å². The van der Waals surface area contributed by atoms with E-state index in [2.05, 4.69) is 16.8 Å². The molecule has 1 fully saturated rings. The Morgan fingerprint density at radius 3 is 2.59 bits per heavy atom. The Kier molecular flexibility index (Phi) is 8.97. The summed E-state index contributed by atoms with van der Waals surface area (Å²) in [6.45, 7) is 2.25. The highest BCUT2D eigenvalue weighted by Gasteiger charge is 2.34. The van der Waals surface area contributed by atoms with Crippen LogP contribution < -0.4 is 10.1 Å². The predicted octanol–water partition coefficient (Wildman–Crippen LogP) is 4.44. The van der Waals surface area contributed by atoms with Crippen molar-refractivity contribution < 1.29 is 36.8 Å². The first-order valence-corrected chi connectivity index (χ1v) is 11.4. The normalized spacial score (nSPS) is 20.2. The number of alkyl halides is 3. The third-order valence-corrected chi connectivity index (χ3v) is 5.35. The van der Waals surface area contributed by atoms with E-state index >= 15 is 0 Å². The maximum Gasteiger partial charge on any atom is 0.469 e. The molecule has 1 aromatic rings. The average Bonchev–Trinajstić information content (AvgIpc) is 3.07. The van der Waals surface area contributed by atoms with Gasteiger partial charge in [0.2, 0.25) is 0 Å². The number of rotatable bonds is 11. The van der Waals surface area contributed by atoms with Gasteiger partial charge in [-0.3, -0.25) is 4.52 Å². The fourth-order valence-corrected chi connectivity index (χ4v) is 3.78. The van der Waals surface area contributed by atoms with Gasteiger partial charge >= 0.3 is 14.0 Å². The number of hydrogen-bond acceptors (Lipinski definition) is 4. The predicted molar refractivity (Wildman–Crippen MR) is 103 cm³/mol. The minimum Gasteiger partial charge on any atom is -0.489 e. The molecule has 2 rings (SSSR count). The molecule has 1 heterocycles. The number of ether oxygens (including phenoxy) is 1. The van der Waals surface area contributed by atoms with Crippen molar-refractivity contribution in [2.45, 2.75) is 70.2 Å². The first kappa shape index (κ1) is 24.2. The quantitative estimate of drug-likeness (QED) is 0.349. The maximum atomic E-state index is 13.5. The van der Waals surface area contributed by atoms with Gasteiger partial charge in [0, 0.05) is 19.0 Å². The van der Waals surface area contributed by atoms with Gasteiger partial charge in [0.25, 0.3) is 0 Å². The molecule has 2 atom stereocenters. The van der Waals surface area contributed by atoms with Gasteiger partial charge in [-0.1, -0.05) is 38.7 Å². The van der Waals surface area contributed by atoms with Crippen molar-refractivity contribution >= 4 is 7.82 Å². The molecule has 0 spiro atoms. The molecule has 166 valence electrons. The van der Waals surface area contributed by atoms with Gasteiger partial charge in [0.15, 0.2) is 0 Å². The molecular weight excluding hydrogens is 410 g/mol. The van der Waals surface area contributed by atoms with Gasteiger partial charge in [-0.15, -0.1) is 0 Å². The summed E-state index contributed by atoms with van der Waals surface area (Å²) >= 11 is 0. The lowest BCUT2D eigenvalue weighted by atomic mass is 10.00. The van der Waals surface area contributed by atoms with Crippen LogP contribution in [-0.2, 0) is 21.7 Å². The van der Waals surface area contributed by atoms with E-state index in [1.165, 1.54) is 6.07 Å². The Morgan fingerprint density at radius 2 is 1.93 bits per heavy atom. The monoisotopic (exact) mass is 439 g/mol. The van der Waals surface area contributed by atoms with E-state index in [0.717, 1.165) is 38.2 Å². The summed E-state index contributed by atoms with van der Waals surface area (Å²) in [7, 11) is -4.56. The van der Waals surface area contributed by atoms with Crippen LogP contribution in [0.2, 0.25) is 0 Å². The fourth-order valence-electron chi connectivity index (χ4n) is 3.41. The van der Waals surface area contributed by atoms with Crippen molar-refractivity contribution in [2.24, 2.45) is 0 Å². The molecule has 0 saturated carbocycles. The number of unbranched alkanes of at least 4 members (excludes halogenated alkanes) is 4. The second-order valence-corrected chi connectivity index (χ2v) is 8.59. The van der Waals surface area contributed by atoms with Crippen LogP contribution in [0.3, 0.4) is 0 Å². The second-order valence-electron chi connectivity index (χ2n) is 7.35. The molecule has 1 saturated heterocycles. The Morgan fingerprint density at radius 1 is 1.21 bits per heavy atom. The summed E-state index contributed by atoms with van der Waals surface area (Å²) in [5, 5.41) is 2.98. The van der Waals surface area contributed by atoms with Gasteiger partial charge in [-0.25, -0.2) is 4.57 Å². The molecule has 0 radical (unpaired) electrons. The van der Waals surface area contributed by atoms with Crippen molar-refractivity contribution in [1.82, 2.24) is 5.32 Å². The zero-order valence-corrected chi connectivity index (χ0v) is 17.3. The van der Waals surface area contributed by atoms with E-state index in [1.807, 2.05) is 0 Å². The summed E-state index contributed by atoms with van der Waals surface area (Å²) < 4.78 is 61.3. The minimum atomic E-state index is -4.56. The molecule has 0 bridgehead atoms. The zero-order chi connectivity index (χ0) is 21.5. The number of aryl methyl sites for hydroxylation is 1. The Hall–Kier alpha value is -1.12. The number of benzene rings is 1. The molecule has 6 nitrogen and oxygen atoms in total. The largest absolute Gasteiger partial charge is 0.489 e. The third kappa shape index (κ3) is 8.64. The Labute approximate surface area is 169 Å². The van der Waals surface area contributed by atoms with Crippen LogP contribution in [0.4, 0.5) is 13.2 Å². The average molecular weight is 439 g/mol. The summed E-state index contributed by atoms with van der Waals surface area (Å²) in [6.07, 6.45) is 0.739. The maximum absolute atomic E-state index is 13.5. The van der Waals surface area contributed by atoms with Gasteiger partial charge in [-0.05, 0) is 30.5 Å². The molecule has 29 heavy (non-hydrogen) atoms. The van der Waals surface area contributed by atoms with Crippen molar-refractivity contribution in [3.63, 3.8) is 0 Å². The fraction of sp³-hybridized carbons (Fsp3) is 0.684. The summed E-state index contributed by atoms with van der Waals surface area (Å²) in [6, 6.07) is 3.74. The number of halogens is 3. The SMILES string of the molecule is CCCCCCCc1ccc(O[C@@H]2CN[C@@H](COP(=O)(O)O)C2)cc1C(F)(F)F. The summed E-state index contributed by atoms with van der Waals surface area (Å²) in [4.78, 5) is 17.5. The van der Waals surface area contributed by atoms with E-state index in [1.54, 1.807) is 6.07 Å². The van der Waals surface area contributed by atoms with Gasteiger partial charge in [0.05, 0.1) is 12.2 Å². The lowest BCUT2D eigenvalue weighted by molar-refractivity contribution is -0.138. The zero-order valence-electron chi connectivity index (χ0n) is 16.5. The highest BCUT2D eigenvalue weighted by Crippen LogP contribution is 2.37. The molecule has 1 aliphatic heterocycles. The van der Waals surface area contributed by atoms with Crippen molar-refractivity contribution in [1.29, 1.82) is 0 Å². The van der Waals surface area contributed by atoms with Crippen LogP contribution in [0.15, 0.2) is 18.2 Å². The lowest BCUT2D eigenvalue weighted by Crippen LogP contribution is -2.26. The second kappa shape index (κ2) is 10.8. The lowest BCUT2D eigenvalue weighted by Gasteiger charge is -2.18. The molecular formula is C19H29F3NO5P. The van der Waals surface area contributed by atoms with E-state index < -0.39 is 25.7 Å². The number of nitrogens with one attached hydrogen (secondary N) is 1. The van der Waals surface area contributed by atoms with Crippen LogP contribution in [0, 0.1) is 0 Å². The van der Waals surface area contributed by atoms with Crippen LogP contribution in [0.25, 0.3) is 0 Å². The topological polar surface area (TPSA) is 88.0 Å².